The number of hydrogen-bond acceptors (Lipinski definition) is 6. The molecule has 0 saturated carbocycles. The number of alkyl halides is 3. The van der Waals surface area contributed by atoms with Gasteiger partial charge in [0.25, 0.3) is 5.88 Å². The van der Waals surface area contributed by atoms with Crippen LogP contribution in [0.25, 0.3) is 11.3 Å². The first-order valence-electron chi connectivity index (χ1n) is 11.2. The predicted octanol–water partition coefficient (Wildman–Crippen LogP) is 5.54. The van der Waals surface area contributed by atoms with Gasteiger partial charge in [-0.15, -0.1) is 0 Å². The molecule has 4 aromatic rings. The van der Waals surface area contributed by atoms with Crippen LogP contribution in [0.15, 0.2) is 59.5 Å². The molecule has 2 aromatic carbocycles. The number of hydrogen-bond donors (Lipinski definition) is 0. The zero-order valence-corrected chi connectivity index (χ0v) is 19.7. The molecule has 12 heteroatoms. The highest BCUT2D eigenvalue weighted by Gasteiger charge is 2.34. The second-order valence-corrected chi connectivity index (χ2v) is 8.35. The van der Waals surface area contributed by atoms with Crippen LogP contribution in [-0.4, -0.2) is 21.6 Å². The fraction of sp³-hybridized carbons (Fsp3) is 0.192. The first-order chi connectivity index (χ1) is 18.1. The minimum Gasteiger partial charge on any atom is -0.497 e. The van der Waals surface area contributed by atoms with Crippen molar-refractivity contribution in [3.8, 4) is 34.5 Å². The van der Waals surface area contributed by atoms with Gasteiger partial charge < -0.3 is 14.2 Å². The van der Waals surface area contributed by atoms with E-state index in [0.717, 1.165) is 23.3 Å². The first-order valence-corrected chi connectivity index (χ1v) is 11.2. The number of halogens is 5. The third-order valence-corrected chi connectivity index (χ3v) is 5.89. The molecular formula is C26H18F5N3O4. The fourth-order valence-electron chi connectivity index (χ4n) is 4.06. The Labute approximate surface area is 212 Å². The zero-order chi connectivity index (χ0) is 27.0. The number of methoxy groups -OCH3 is 1. The van der Waals surface area contributed by atoms with Crippen molar-refractivity contribution in [2.24, 2.45) is 0 Å². The molecule has 0 spiro atoms. The van der Waals surface area contributed by atoms with Crippen LogP contribution in [0.4, 0.5) is 22.0 Å². The van der Waals surface area contributed by atoms with E-state index < -0.39 is 40.7 Å². The Hall–Kier alpha value is -4.48. The first kappa shape index (κ1) is 25.2. The van der Waals surface area contributed by atoms with Gasteiger partial charge in [-0.25, -0.2) is 18.6 Å². The van der Waals surface area contributed by atoms with Crippen LogP contribution in [0.1, 0.15) is 16.7 Å². The average Bonchev–Trinajstić information content (AvgIpc) is 2.88. The summed E-state index contributed by atoms with van der Waals surface area (Å²) in [5.74, 6) is -2.78. The molecule has 1 aliphatic heterocycles. The van der Waals surface area contributed by atoms with Crippen LogP contribution in [-0.2, 0) is 25.7 Å². The number of ether oxygens (including phenoxy) is 3. The van der Waals surface area contributed by atoms with Crippen LogP contribution in [0.3, 0.4) is 0 Å². The summed E-state index contributed by atoms with van der Waals surface area (Å²) in [4.78, 5) is 20.3. The van der Waals surface area contributed by atoms with Crippen LogP contribution >= 0.6 is 0 Å². The van der Waals surface area contributed by atoms with Crippen LogP contribution in [0, 0.1) is 11.6 Å². The van der Waals surface area contributed by atoms with Crippen molar-refractivity contribution in [1.82, 2.24) is 14.5 Å². The molecule has 0 bridgehead atoms. The normalized spacial score (nSPS) is 12.5. The van der Waals surface area contributed by atoms with Crippen molar-refractivity contribution in [2.45, 2.75) is 25.7 Å². The smallest absolute Gasteiger partial charge is 0.419 e. The Kier molecular flexibility index (Phi) is 6.47. The van der Waals surface area contributed by atoms with E-state index in [1.807, 2.05) is 12.1 Å². The highest BCUT2D eigenvalue weighted by atomic mass is 19.4. The minimum atomic E-state index is -4.95. The number of aromatic nitrogens is 3. The van der Waals surface area contributed by atoms with Crippen molar-refractivity contribution in [3.63, 3.8) is 0 Å². The lowest BCUT2D eigenvalue weighted by atomic mass is 9.97. The molecular weight excluding hydrogens is 513 g/mol. The third-order valence-electron chi connectivity index (χ3n) is 5.89. The topological polar surface area (TPSA) is 75.5 Å². The molecule has 7 nitrogen and oxygen atoms in total. The van der Waals surface area contributed by atoms with E-state index in [1.165, 1.54) is 10.8 Å². The number of fused-ring (bicyclic) bond motifs is 3. The summed E-state index contributed by atoms with van der Waals surface area (Å²) in [6, 6.07) is 10.1. The van der Waals surface area contributed by atoms with Crippen molar-refractivity contribution in [2.75, 3.05) is 7.11 Å². The Morgan fingerprint density at radius 2 is 1.79 bits per heavy atom. The molecule has 0 aliphatic carbocycles. The molecule has 0 radical (unpaired) electrons. The van der Waals surface area contributed by atoms with Gasteiger partial charge in [0, 0.05) is 29.9 Å². The van der Waals surface area contributed by atoms with Gasteiger partial charge in [-0.1, -0.05) is 0 Å². The van der Waals surface area contributed by atoms with E-state index in [4.69, 9.17) is 14.2 Å². The number of rotatable bonds is 6. The maximum Gasteiger partial charge on any atom is 0.419 e. The Bertz CT molecular complexity index is 1590. The van der Waals surface area contributed by atoms with E-state index in [9.17, 15) is 26.7 Å². The van der Waals surface area contributed by atoms with Crippen molar-refractivity contribution in [1.29, 1.82) is 0 Å². The Morgan fingerprint density at radius 3 is 2.53 bits per heavy atom. The van der Waals surface area contributed by atoms with Gasteiger partial charge in [0.2, 0.25) is 5.88 Å². The molecule has 196 valence electrons. The summed E-state index contributed by atoms with van der Waals surface area (Å²) in [7, 11) is 1.57. The lowest BCUT2D eigenvalue weighted by molar-refractivity contribution is -0.140. The lowest BCUT2D eigenvalue weighted by Gasteiger charge is -2.22. The van der Waals surface area contributed by atoms with E-state index in [1.54, 1.807) is 19.2 Å². The molecule has 0 unspecified atom stereocenters. The standard InChI is InChI=1S/C26H18F5N3O4/c1-36-16-2-4-18-15(9-16)6-7-34-22(18)11-23(33-25(34)35)37-13-14-8-21(28)24(32-12-14)38-17-3-5-20(27)19(10-17)26(29,30)31/h2-5,8-12H,6-7,13H2,1H3. The third kappa shape index (κ3) is 5.01. The number of aryl methyl sites for hydroxylation is 1. The van der Waals surface area contributed by atoms with E-state index in [-0.39, 0.29) is 18.1 Å². The van der Waals surface area contributed by atoms with Gasteiger partial charge >= 0.3 is 11.9 Å². The lowest BCUT2D eigenvalue weighted by Crippen LogP contribution is -2.28. The van der Waals surface area contributed by atoms with Crippen LogP contribution < -0.4 is 19.9 Å². The summed E-state index contributed by atoms with van der Waals surface area (Å²) < 4.78 is 84.3. The van der Waals surface area contributed by atoms with Crippen molar-refractivity contribution >= 4 is 0 Å². The summed E-state index contributed by atoms with van der Waals surface area (Å²) in [5, 5.41) is 0. The fourth-order valence-corrected chi connectivity index (χ4v) is 4.06. The monoisotopic (exact) mass is 531 g/mol. The summed E-state index contributed by atoms with van der Waals surface area (Å²) in [5.41, 5.74) is 0.667. The van der Waals surface area contributed by atoms with Gasteiger partial charge in [-0.05, 0) is 54.4 Å². The zero-order valence-electron chi connectivity index (χ0n) is 19.7. The van der Waals surface area contributed by atoms with Gasteiger partial charge in [-0.2, -0.15) is 18.2 Å². The van der Waals surface area contributed by atoms with E-state index in [0.29, 0.717) is 36.5 Å². The van der Waals surface area contributed by atoms with Crippen molar-refractivity contribution in [3.05, 3.63) is 93.5 Å². The van der Waals surface area contributed by atoms with Gasteiger partial charge in [-0.3, -0.25) is 4.57 Å². The molecule has 0 atom stereocenters. The van der Waals surface area contributed by atoms with Gasteiger partial charge in [0.1, 0.15) is 23.9 Å². The number of nitrogens with zero attached hydrogens (tertiary/aromatic N) is 3. The van der Waals surface area contributed by atoms with Crippen LogP contribution in [0.5, 0.6) is 23.3 Å². The number of pyridine rings is 1. The maximum absolute atomic E-state index is 14.6. The maximum atomic E-state index is 14.6. The second kappa shape index (κ2) is 9.77. The van der Waals surface area contributed by atoms with E-state index >= 15 is 0 Å². The summed E-state index contributed by atoms with van der Waals surface area (Å²) >= 11 is 0. The van der Waals surface area contributed by atoms with Crippen molar-refractivity contribution < 1.29 is 36.2 Å². The Morgan fingerprint density at radius 1 is 1.00 bits per heavy atom. The highest BCUT2D eigenvalue weighted by Crippen LogP contribution is 2.35. The summed E-state index contributed by atoms with van der Waals surface area (Å²) in [6.07, 6.45) is -3.12. The molecule has 2 aromatic heterocycles. The highest BCUT2D eigenvalue weighted by molar-refractivity contribution is 5.67. The molecule has 1 aliphatic rings. The van der Waals surface area contributed by atoms with Gasteiger partial charge in [0.15, 0.2) is 5.82 Å². The largest absolute Gasteiger partial charge is 0.497 e. The second-order valence-electron chi connectivity index (χ2n) is 8.35. The molecule has 0 fully saturated rings. The quantitative estimate of drug-likeness (QED) is 0.304. The van der Waals surface area contributed by atoms with Crippen LogP contribution in [0.2, 0.25) is 0 Å². The SMILES string of the molecule is COc1ccc2c(c1)CCn1c-2cc(OCc2cnc(Oc3ccc(F)c(C(F)(F)F)c3)c(F)c2)nc1=O. The molecule has 0 saturated heterocycles. The molecule has 0 N–H and O–H groups in total. The molecule has 3 heterocycles. The minimum absolute atomic E-state index is 0.0247. The predicted molar refractivity (Wildman–Crippen MR) is 124 cm³/mol. The summed E-state index contributed by atoms with van der Waals surface area (Å²) in [6.45, 7) is 0.237. The number of benzene rings is 2. The molecule has 38 heavy (non-hydrogen) atoms. The molecule has 0 amide bonds. The Balaban J connectivity index is 1.33. The van der Waals surface area contributed by atoms with Gasteiger partial charge in [0.05, 0.1) is 18.4 Å². The van der Waals surface area contributed by atoms with E-state index in [2.05, 4.69) is 9.97 Å². The average molecular weight is 531 g/mol. The molecule has 5 rings (SSSR count).